The second-order valence-corrected chi connectivity index (χ2v) is 2.56. The minimum atomic E-state index is 0.00708. The maximum atomic E-state index is 11.1. The van der Waals surface area contributed by atoms with E-state index < -0.39 is 0 Å². The lowest BCUT2D eigenvalue weighted by Crippen LogP contribution is -2.08. The molecule has 0 saturated carbocycles. The van der Waals surface area contributed by atoms with Gasteiger partial charge in [0.15, 0.2) is 0 Å². The highest BCUT2D eigenvalue weighted by Gasteiger charge is 2.09. The zero-order valence-corrected chi connectivity index (χ0v) is 6.84. The van der Waals surface area contributed by atoms with E-state index in [0.717, 1.165) is 0 Å². The van der Waals surface area contributed by atoms with Gasteiger partial charge in [0.1, 0.15) is 5.78 Å². The molecule has 2 nitrogen and oxygen atoms in total. The van der Waals surface area contributed by atoms with Gasteiger partial charge < -0.3 is 0 Å². The Labute approximate surface area is 67.5 Å². The van der Waals surface area contributed by atoms with Gasteiger partial charge in [-0.05, 0) is 6.42 Å². The molecule has 0 saturated heterocycles. The Hall–Kier alpha value is -1.10. The van der Waals surface area contributed by atoms with Gasteiger partial charge in [0.2, 0.25) is 0 Å². The zero-order chi connectivity index (χ0) is 8.69. The van der Waals surface area contributed by atoms with E-state index in [-0.39, 0.29) is 11.7 Å². The van der Waals surface area contributed by atoms with Gasteiger partial charge in [-0.25, -0.2) is 0 Å². The van der Waals surface area contributed by atoms with Crippen LogP contribution in [-0.2, 0) is 4.79 Å². The van der Waals surface area contributed by atoms with Crippen LogP contribution in [0.1, 0.15) is 26.2 Å². The fraction of sp³-hybridized carbons (Fsp3) is 0.556. The third-order valence-corrected chi connectivity index (χ3v) is 1.58. The molecule has 0 spiro atoms. The van der Waals surface area contributed by atoms with E-state index in [0.29, 0.717) is 19.3 Å². The molecule has 0 fully saturated rings. The van der Waals surface area contributed by atoms with Crippen LogP contribution in [-0.4, -0.2) is 5.78 Å². The first-order chi connectivity index (χ1) is 5.22. The summed E-state index contributed by atoms with van der Waals surface area (Å²) in [5.74, 6) is 0.183. The van der Waals surface area contributed by atoms with Crippen LogP contribution in [0, 0.1) is 17.2 Å². The van der Waals surface area contributed by atoms with E-state index in [4.69, 9.17) is 5.26 Å². The summed E-state index contributed by atoms with van der Waals surface area (Å²) in [6, 6.07) is 2.02. The van der Waals surface area contributed by atoms with Crippen molar-refractivity contribution >= 4 is 5.78 Å². The average molecular weight is 151 g/mol. The van der Waals surface area contributed by atoms with Gasteiger partial charge in [-0.3, -0.25) is 4.79 Å². The van der Waals surface area contributed by atoms with Crippen LogP contribution in [0.5, 0.6) is 0 Å². The van der Waals surface area contributed by atoms with Crippen LogP contribution >= 0.6 is 0 Å². The molecule has 0 amide bonds. The van der Waals surface area contributed by atoms with Crippen LogP contribution in [0.25, 0.3) is 0 Å². The Bertz CT molecular complexity index is 178. The summed E-state index contributed by atoms with van der Waals surface area (Å²) in [7, 11) is 0. The molecule has 11 heavy (non-hydrogen) atoms. The monoisotopic (exact) mass is 151 g/mol. The summed E-state index contributed by atoms with van der Waals surface area (Å²) < 4.78 is 0. The highest BCUT2D eigenvalue weighted by Crippen LogP contribution is 2.08. The van der Waals surface area contributed by atoms with E-state index in [1.807, 2.05) is 13.0 Å². The number of rotatable bonds is 5. The lowest BCUT2D eigenvalue weighted by Gasteiger charge is -2.04. The Morgan fingerprint density at radius 2 is 2.45 bits per heavy atom. The molecule has 0 rings (SSSR count). The van der Waals surface area contributed by atoms with Crippen molar-refractivity contribution in [3.63, 3.8) is 0 Å². The zero-order valence-electron chi connectivity index (χ0n) is 6.84. The van der Waals surface area contributed by atoms with Crippen molar-refractivity contribution in [2.24, 2.45) is 5.92 Å². The van der Waals surface area contributed by atoms with Gasteiger partial charge >= 0.3 is 0 Å². The topological polar surface area (TPSA) is 40.9 Å². The first kappa shape index (κ1) is 9.90. The molecule has 0 bridgehead atoms. The fourth-order valence-electron chi connectivity index (χ4n) is 0.785. The maximum absolute atomic E-state index is 11.1. The number of carbonyl (C=O) groups excluding carboxylic acids is 1. The second-order valence-electron chi connectivity index (χ2n) is 2.56. The van der Waals surface area contributed by atoms with Gasteiger partial charge in [0.05, 0.1) is 6.07 Å². The molecular weight excluding hydrogens is 138 g/mol. The average Bonchev–Trinajstić information content (AvgIpc) is 2.00. The molecule has 1 atom stereocenters. The smallest absolute Gasteiger partial charge is 0.139 e. The van der Waals surface area contributed by atoms with Crippen molar-refractivity contribution in [2.75, 3.05) is 0 Å². The van der Waals surface area contributed by atoms with E-state index in [2.05, 4.69) is 6.58 Å². The normalized spacial score (nSPS) is 11.6. The first-order valence-corrected chi connectivity index (χ1v) is 3.73. The number of ketones is 1. The summed E-state index contributed by atoms with van der Waals surface area (Å²) in [4.78, 5) is 11.1. The Balaban J connectivity index is 3.65. The Morgan fingerprint density at radius 3 is 2.91 bits per heavy atom. The number of hydrogen-bond donors (Lipinski definition) is 0. The molecule has 0 aromatic carbocycles. The molecule has 2 heteroatoms. The first-order valence-electron chi connectivity index (χ1n) is 3.73. The molecule has 1 unspecified atom stereocenters. The molecule has 0 aliphatic rings. The minimum absolute atomic E-state index is 0.00708. The predicted octanol–water partition coefficient (Wildman–Crippen LogP) is 2.07. The number of carbonyl (C=O) groups is 1. The Kier molecular flexibility index (Phi) is 5.10. The molecular formula is C9H13NO. The lowest BCUT2D eigenvalue weighted by atomic mass is 9.99. The van der Waals surface area contributed by atoms with Gasteiger partial charge in [-0.1, -0.05) is 13.0 Å². The molecule has 0 aliphatic heterocycles. The lowest BCUT2D eigenvalue weighted by molar-refractivity contribution is -0.121. The van der Waals surface area contributed by atoms with Crippen LogP contribution < -0.4 is 0 Å². The molecule has 0 aromatic rings. The molecule has 0 heterocycles. The summed E-state index contributed by atoms with van der Waals surface area (Å²) in [6.07, 6.45) is 3.16. The van der Waals surface area contributed by atoms with E-state index in [1.54, 1.807) is 6.08 Å². The molecule has 0 N–H and O–H groups in total. The highest BCUT2D eigenvalue weighted by molar-refractivity contribution is 5.81. The van der Waals surface area contributed by atoms with E-state index in [9.17, 15) is 4.79 Å². The van der Waals surface area contributed by atoms with Gasteiger partial charge in [0, 0.05) is 18.8 Å². The van der Waals surface area contributed by atoms with Gasteiger partial charge in [-0.15, -0.1) is 6.58 Å². The van der Waals surface area contributed by atoms with E-state index in [1.165, 1.54) is 0 Å². The minimum Gasteiger partial charge on any atom is -0.299 e. The van der Waals surface area contributed by atoms with Crippen molar-refractivity contribution in [2.45, 2.75) is 26.2 Å². The molecule has 0 aromatic heterocycles. The quantitative estimate of drug-likeness (QED) is 0.564. The van der Waals surface area contributed by atoms with E-state index >= 15 is 0 Å². The van der Waals surface area contributed by atoms with Crippen molar-refractivity contribution < 1.29 is 4.79 Å². The SMILES string of the molecule is C=CCC(=O)C(C)CCC#N. The number of allylic oxidation sites excluding steroid dienone is 1. The fourth-order valence-corrected chi connectivity index (χ4v) is 0.785. The maximum Gasteiger partial charge on any atom is 0.139 e. The van der Waals surface area contributed by atoms with Crippen molar-refractivity contribution in [3.8, 4) is 6.07 Å². The number of hydrogen-bond acceptors (Lipinski definition) is 2. The van der Waals surface area contributed by atoms with Crippen molar-refractivity contribution in [1.82, 2.24) is 0 Å². The van der Waals surface area contributed by atoms with Gasteiger partial charge in [-0.2, -0.15) is 5.26 Å². The summed E-state index contributed by atoms with van der Waals surface area (Å²) in [6.45, 7) is 5.33. The third kappa shape index (κ3) is 4.32. The standard InChI is InChI=1S/C9H13NO/c1-3-5-9(11)8(2)6-4-7-10/h3,8H,1,4-6H2,2H3. The molecule has 0 radical (unpaired) electrons. The van der Waals surface area contributed by atoms with Crippen LogP contribution in [0.2, 0.25) is 0 Å². The second kappa shape index (κ2) is 5.67. The Morgan fingerprint density at radius 1 is 1.82 bits per heavy atom. The number of Topliss-reactive ketones (excluding diaryl/α,β-unsaturated/α-hetero) is 1. The molecule has 0 aliphatic carbocycles. The highest BCUT2D eigenvalue weighted by atomic mass is 16.1. The van der Waals surface area contributed by atoms with Crippen LogP contribution in [0.4, 0.5) is 0 Å². The largest absolute Gasteiger partial charge is 0.299 e. The van der Waals surface area contributed by atoms with Crippen LogP contribution in [0.3, 0.4) is 0 Å². The molecule has 60 valence electrons. The third-order valence-electron chi connectivity index (χ3n) is 1.58. The predicted molar refractivity (Wildman–Crippen MR) is 43.8 cm³/mol. The summed E-state index contributed by atoms with van der Waals surface area (Å²) in [5.41, 5.74) is 0. The van der Waals surface area contributed by atoms with Gasteiger partial charge in [0.25, 0.3) is 0 Å². The number of nitriles is 1. The summed E-state index contributed by atoms with van der Waals surface area (Å²) in [5, 5.41) is 8.25. The summed E-state index contributed by atoms with van der Waals surface area (Å²) >= 11 is 0. The van der Waals surface area contributed by atoms with Crippen molar-refractivity contribution in [1.29, 1.82) is 5.26 Å². The van der Waals surface area contributed by atoms with Crippen LogP contribution in [0.15, 0.2) is 12.7 Å². The van der Waals surface area contributed by atoms with Crippen molar-refractivity contribution in [3.05, 3.63) is 12.7 Å². The number of nitrogens with zero attached hydrogens (tertiary/aromatic N) is 1.